The Morgan fingerprint density at radius 1 is 0.625 bits per heavy atom. The van der Waals surface area contributed by atoms with Crippen LogP contribution in [0.2, 0.25) is 0 Å². The lowest BCUT2D eigenvalue weighted by molar-refractivity contribution is 0.368. The van der Waals surface area contributed by atoms with E-state index in [0.29, 0.717) is 0 Å². The molecule has 0 aromatic heterocycles. The van der Waals surface area contributed by atoms with E-state index in [1.165, 1.54) is 92.9 Å². The van der Waals surface area contributed by atoms with E-state index in [1.807, 2.05) is 0 Å². The van der Waals surface area contributed by atoms with Gasteiger partial charge in [-0.1, -0.05) is 84.8 Å². The van der Waals surface area contributed by atoms with Gasteiger partial charge in [0.2, 0.25) is 0 Å². The Kier molecular flexibility index (Phi) is 9.82. The molecule has 0 spiro atoms. The van der Waals surface area contributed by atoms with E-state index in [4.69, 9.17) is 0 Å². The van der Waals surface area contributed by atoms with Crippen LogP contribution in [0.5, 0.6) is 0 Å². The molecule has 2 aromatic carbocycles. The molecule has 32 heavy (non-hydrogen) atoms. The maximum atomic E-state index is 3.78. The third-order valence-corrected chi connectivity index (χ3v) is 7.64. The summed E-state index contributed by atoms with van der Waals surface area (Å²) >= 11 is 3.78. The minimum absolute atomic E-state index is 0.179. The first-order valence-electron chi connectivity index (χ1n) is 12.6. The molecule has 3 rings (SSSR count). The fourth-order valence-electron chi connectivity index (χ4n) is 5.51. The highest BCUT2D eigenvalue weighted by molar-refractivity contribution is 9.10. The zero-order valence-corrected chi connectivity index (χ0v) is 22.4. The van der Waals surface area contributed by atoms with Crippen molar-refractivity contribution in [3.8, 4) is 11.1 Å². The molecule has 0 saturated carbocycles. The molecule has 0 aliphatic heterocycles. The normalized spacial score (nSPS) is 14.2. The van der Waals surface area contributed by atoms with Crippen LogP contribution in [0.1, 0.15) is 75.3 Å². The molecule has 0 heterocycles. The molecule has 2 aromatic rings. The van der Waals surface area contributed by atoms with Crippen molar-refractivity contribution in [3.63, 3.8) is 0 Å². The van der Waals surface area contributed by atoms with Crippen LogP contribution in [-0.4, -0.2) is 51.1 Å². The third-order valence-electron chi connectivity index (χ3n) is 7.15. The van der Waals surface area contributed by atoms with E-state index in [1.54, 1.807) is 11.1 Å². The molecular formula is C29H43BrN2. The van der Waals surface area contributed by atoms with Gasteiger partial charge in [0, 0.05) is 9.89 Å². The third kappa shape index (κ3) is 6.46. The number of benzene rings is 2. The minimum Gasteiger partial charge on any atom is -0.309 e. The van der Waals surface area contributed by atoms with Gasteiger partial charge >= 0.3 is 0 Å². The lowest BCUT2D eigenvalue weighted by Crippen LogP contribution is -2.25. The molecule has 0 saturated heterocycles. The van der Waals surface area contributed by atoms with Crippen LogP contribution in [0.25, 0.3) is 11.1 Å². The van der Waals surface area contributed by atoms with Crippen LogP contribution >= 0.6 is 15.9 Å². The predicted octanol–water partition coefficient (Wildman–Crippen LogP) is 7.74. The summed E-state index contributed by atoms with van der Waals surface area (Å²) in [6, 6.07) is 16.2. The van der Waals surface area contributed by atoms with Crippen molar-refractivity contribution in [3.05, 3.63) is 58.1 Å². The van der Waals surface area contributed by atoms with Crippen LogP contribution in [0.3, 0.4) is 0 Å². The highest BCUT2D eigenvalue weighted by atomic mass is 79.9. The van der Waals surface area contributed by atoms with E-state index in [-0.39, 0.29) is 5.41 Å². The number of nitrogens with zero attached hydrogens (tertiary/aromatic N) is 2. The summed E-state index contributed by atoms with van der Waals surface area (Å²) in [5, 5.41) is 0. The molecule has 0 fully saturated rings. The number of hydrogen-bond acceptors (Lipinski definition) is 2. The molecule has 0 atom stereocenters. The Hall–Kier alpha value is -1.16. The first-order chi connectivity index (χ1) is 15.4. The van der Waals surface area contributed by atoms with E-state index < -0.39 is 0 Å². The molecule has 0 unspecified atom stereocenters. The molecule has 1 aliphatic carbocycles. The first-order valence-corrected chi connectivity index (χ1v) is 13.4. The van der Waals surface area contributed by atoms with E-state index in [2.05, 4.69) is 96.4 Å². The zero-order chi connectivity index (χ0) is 23.0. The smallest absolute Gasteiger partial charge is 0.0215 e. The van der Waals surface area contributed by atoms with Crippen LogP contribution in [-0.2, 0) is 5.41 Å². The van der Waals surface area contributed by atoms with Gasteiger partial charge < -0.3 is 9.80 Å². The second-order valence-electron chi connectivity index (χ2n) is 10.3. The fraction of sp³-hybridized carbons (Fsp3) is 0.586. The maximum absolute atomic E-state index is 3.78. The Balaban J connectivity index is 1.75. The summed E-state index contributed by atoms with van der Waals surface area (Å²) in [5.74, 6) is 0. The lowest BCUT2D eigenvalue weighted by atomic mass is 9.70. The van der Waals surface area contributed by atoms with Crippen molar-refractivity contribution in [2.24, 2.45) is 0 Å². The van der Waals surface area contributed by atoms with Gasteiger partial charge in [-0.15, -0.1) is 0 Å². The number of rotatable bonds is 14. The molecule has 0 bridgehead atoms. The Morgan fingerprint density at radius 2 is 1.16 bits per heavy atom. The summed E-state index contributed by atoms with van der Waals surface area (Å²) in [4.78, 5) is 4.61. The van der Waals surface area contributed by atoms with Gasteiger partial charge in [-0.05, 0) is 101 Å². The van der Waals surface area contributed by atoms with Gasteiger partial charge in [0.15, 0.2) is 0 Å². The average molecular weight is 500 g/mol. The molecule has 2 nitrogen and oxygen atoms in total. The summed E-state index contributed by atoms with van der Waals surface area (Å²) < 4.78 is 1.21. The average Bonchev–Trinajstić information content (AvgIpc) is 3.02. The van der Waals surface area contributed by atoms with Crippen molar-refractivity contribution < 1.29 is 0 Å². The van der Waals surface area contributed by atoms with Crippen LogP contribution in [0.15, 0.2) is 46.9 Å². The molecule has 0 amide bonds. The molecule has 1 aliphatic rings. The molecular weight excluding hydrogens is 456 g/mol. The van der Waals surface area contributed by atoms with Gasteiger partial charge in [-0.25, -0.2) is 0 Å². The van der Waals surface area contributed by atoms with E-state index >= 15 is 0 Å². The highest BCUT2D eigenvalue weighted by Gasteiger charge is 2.42. The summed E-state index contributed by atoms with van der Waals surface area (Å²) in [5.41, 5.74) is 6.25. The number of unbranched alkanes of at least 4 members (excludes halogenated alkanes) is 6. The SMILES string of the molecule is CN(C)CCCCCCC1(CCCCCCN(C)C)c2ccccc2-c2ccc(Br)cc21. The van der Waals surface area contributed by atoms with E-state index in [9.17, 15) is 0 Å². The van der Waals surface area contributed by atoms with Gasteiger partial charge in [-0.2, -0.15) is 0 Å². The van der Waals surface area contributed by atoms with Crippen molar-refractivity contribution >= 4 is 15.9 Å². The van der Waals surface area contributed by atoms with Gasteiger partial charge in [-0.3, -0.25) is 0 Å². The number of hydrogen-bond donors (Lipinski definition) is 0. The Bertz CT molecular complexity index is 823. The lowest BCUT2D eigenvalue weighted by Gasteiger charge is -2.33. The van der Waals surface area contributed by atoms with Crippen molar-refractivity contribution in [2.75, 3.05) is 41.3 Å². The first kappa shape index (κ1) is 25.5. The topological polar surface area (TPSA) is 6.48 Å². The zero-order valence-electron chi connectivity index (χ0n) is 20.8. The van der Waals surface area contributed by atoms with Crippen molar-refractivity contribution in [1.82, 2.24) is 9.80 Å². The monoisotopic (exact) mass is 498 g/mol. The second kappa shape index (κ2) is 12.3. The van der Waals surface area contributed by atoms with Crippen LogP contribution in [0, 0.1) is 0 Å². The molecule has 0 N–H and O–H groups in total. The number of fused-ring (bicyclic) bond motifs is 3. The summed E-state index contributed by atoms with van der Waals surface area (Å²) in [6.07, 6.45) is 13.1. The Labute approximate surface area is 205 Å². The van der Waals surface area contributed by atoms with Crippen LogP contribution in [0.4, 0.5) is 0 Å². The predicted molar refractivity (Wildman–Crippen MR) is 144 cm³/mol. The van der Waals surface area contributed by atoms with E-state index in [0.717, 1.165) is 0 Å². The fourth-order valence-corrected chi connectivity index (χ4v) is 5.87. The van der Waals surface area contributed by atoms with Crippen molar-refractivity contribution in [2.45, 2.75) is 69.6 Å². The second-order valence-corrected chi connectivity index (χ2v) is 11.2. The summed E-state index contributed by atoms with van der Waals surface area (Å²) in [7, 11) is 8.71. The minimum atomic E-state index is 0.179. The maximum Gasteiger partial charge on any atom is 0.0215 e. The number of halogens is 1. The standard InChI is InChI=1S/C29H43BrN2/c1-31(2)21-13-7-5-11-19-29(20-12-6-8-14-22-32(3)4)27-16-10-9-15-25(27)26-18-17-24(30)23-28(26)29/h9-10,15-18,23H,5-8,11-14,19-22H2,1-4H3. The molecule has 176 valence electrons. The highest BCUT2D eigenvalue weighted by Crippen LogP contribution is 2.54. The quantitative estimate of drug-likeness (QED) is 0.245. The van der Waals surface area contributed by atoms with Gasteiger partial charge in [0.25, 0.3) is 0 Å². The van der Waals surface area contributed by atoms with Gasteiger partial charge in [0.1, 0.15) is 0 Å². The summed E-state index contributed by atoms with van der Waals surface area (Å²) in [6.45, 7) is 2.41. The molecule has 0 radical (unpaired) electrons. The van der Waals surface area contributed by atoms with Gasteiger partial charge in [0.05, 0.1) is 0 Å². The largest absolute Gasteiger partial charge is 0.309 e. The van der Waals surface area contributed by atoms with Crippen LogP contribution < -0.4 is 0 Å². The molecule has 3 heteroatoms. The Morgan fingerprint density at radius 3 is 1.75 bits per heavy atom. The van der Waals surface area contributed by atoms with Crippen molar-refractivity contribution in [1.29, 1.82) is 0 Å².